The molecule has 4 nitrogen and oxygen atoms in total. The molecule has 1 aromatic carbocycles. The van der Waals surface area contributed by atoms with E-state index in [2.05, 4.69) is 0 Å². The molecular formula is C13H15ClN2O2S2. The Kier molecular flexibility index (Phi) is 4.59. The Morgan fingerprint density at radius 1 is 1.50 bits per heavy atom. The highest BCUT2D eigenvalue weighted by Gasteiger charge is 2.47. The van der Waals surface area contributed by atoms with Crippen molar-refractivity contribution >= 4 is 51.5 Å². The van der Waals surface area contributed by atoms with Gasteiger partial charge in [-0.1, -0.05) is 23.8 Å². The molecule has 0 aromatic heterocycles. The van der Waals surface area contributed by atoms with Gasteiger partial charge in [0.2, 0.25) is 5.91 Å². The maximum atomic E-state index is 12.3. The predicted octanol–water partition coefficient (Wildman–Crippen LogP) is 2.96. The number of benzene rings is 1. The van der Waals surface area contributed by atoms with E-state index in [9.17, 15) is 4.79 Å². The lowest BCUT2D eigenvalue weighted by Crippen LogP contribution is -2.60. The van der Waals surface area contributed by atoms with Gasteiger partial charge in [0.15, 0.2) is 5.06 Å². The molecule has 0 bridgehead atoms. The summed E-state index contributed by atoms with van der Waals surface area (Å²) in [6.07, 6.45) is 0. The van der Waals surface area contributed by atoms with Crippen molar-refractivity contribution in [1.82, 2.24) is 4.90 Å². The molecule has 7 heteroatoms. The largest absolute Gasteiger partial charge is 0.349 e. The first-order valence-corrected chi connectivity index (χ1v) is 7.55. The standard InChI is InChI=1S/C13H15ClN2O2S2/c1-13(18-3)16(12(19)20-13)8-11(17)15(2)10-6-4-9(14)5-7-10/h4-7H,8H2,1-3H3. The summed E-state index contributed by atoms with van der Waals surface area (Å²) in [4.78, 5) is 15.7. The van der Waals surface area contributed by atoms with Crippen LogP contribution in [0.3, 0.4) is 0 Å². The minimum Gasteiger partial charge on any atom is -0.349 e. The first kappa shape index (κ1) is 15.6. The minimum absolute atomic E-state index is 0.0572. The summed E-state index contributed by atoms with van der Waals surface area (Å²) in [7, 11) is 3.33. The number of nitrogens with zero attached hydrogens (tertiary/aromatic N) is 2. The van der Waals surface area contributed by atoms with Crippen molar-refractivity contribution in [3.63, 3.8) is 0 Å². The molecular weight excluding hydrogens is 316 g/mol. The molecule has 0 aliphatic carbocycles. The maximum Gasteiger partial charge on any atom is 0.246 e. The van der Waals surface area contributed by atoms with Gasteiger partial charge in [-0.3, -0.25) is 4.79 Å². The molecule has 1 unspecified atom stereocenters. The third-order valence-corrected chi connectivity index (χ3v) is 5.13. The molecule has 0 spiro atoms. The molecule has 108 valence electrons. The molecule has 0 N–H and O–H groups in total. The van der Waals surface area contributed by atoms with Crippen LogP contribution in [0.25, 0.3) is 0 Å². The number of rotatable bonds is 4. The summed E-state index contributed by atoms with van der Waals surface area (Å²) in [5, 5.41) is 0.0926. The normalized spacial score (nSPS) is 21.6. The highest BCUT2D eigenvalue weighted by molar-refractivity contribution is 8.25. The Morgan fingerprint density at radius 3 is 2.60 bits per heavy atom. The van der Waals surface area contributed by atoms with E-state index in [1.807, 2.05) is 6.92 Å². The lowest BCUT2D eigenvalue weighted by molar-refractivity contribution is -0.121. The summed E-state index contributed by atoms with van der Waals surface area (Å²) in [6, 6.07) is 7.12. The number of amides is 1. The number of likely N-dealkylation sites (N-methyl/N-ethyl adjacent to an activating group) is 1. The van der Waals surface area contributed by atoms with Crippen molar-refractivity contribution < 1.29 is 9.53 Å². The third-order valence-electron chi connectivity index (χ3n) is 3.25. The molecule has 20 heavy (non-hydrogen) atoms. The number of ether oxygens (including phenoxy) is 1. The van der Waals surface area contributed by atoms with E-state index in [0.717, 1.165) is 5.69 Å². The van der Waals surface area contributed by atoms with Gasteiger partial charge in [-0.15, -0.1) is 0 Å². The van der Waals surface area contributed by atoms with Gasteiger partial charge < -0.3 is 14.5 Å². The van der Waals surface area contributed by atoms with Crippen molar-refractivity contribution in [3.8, 4) is 0 Å². The van der Waals surface area contributed by atoms with Crippen LogP contribution in [0.15, 0.2) is 24.3 Å². The molecule has 1 heterocycles. The Balaban J connectivity index is 2.05. The quantitative estimate of drug-likeness (QED) is 0.793. The lowest BCUT2D eigenvalue weighted by atomic mass is 10.3. The fourth-order valence-corrected chi connectivity index (χ4v) is 3.59. The van der Waals surface area contributed by atoms with Crippen LogP contribution in [-0.2, 0) is 9.53 Å². The smallest absolute Gasteiger partial charge is 0.246 e. The third kappa shape index (κ3) is 2.93. The second-order valence-corrected chi connectivity index (χ2v) is 6.92. The van der Waals surface area contributed by atoms with Crippen LogP contribution in [-0.4, -0.2) is 40.9 Å². The highest BCUT2D eigenvalue weighted by Crippen LogP contribution is 2.43. The van der Waals surface area contributed by atoms with Crippen LogP contribution in [0.2, 0.25) is 5.02 Å². The SMILES string of the molecule is COC1(C)SC(=S)N1CC(=O)N(C)c1ccc(Cl)cc1. The summed E-state index contributed by atoms with van der Waals surface area (Å²) in [5.41, 5.74) is 0.789. The van der Waals surface area contributed by atoms with Crippen LogP contribution < -0.4 is 4.90 Å². The molecule has 0 radical (unpaired) electrons. The number of anilines is 1. The molecule has 1 amide bonds. The minimum atomic E-state index is -0.548. The fraction of sp³-hybridized carbons (Fsp3) is 0.385. The summed E-state index contributed by atoms with van der Waals surface area (Å²) < 4.78 is 6.05. The molecule has 1 atom stereocenters. The summed E-state index contributed by atoms with van der Waals surface area (Å²) in [5.74, 6) is -0.0572. The predicted molar refractivity (Wildman–Crippen MR) is 87.2 cm³/mol. The van der Waals surface area contributed by atoms with E-state index >= 15 is 0 Å². The van der Waals surface area contributed by atoms with Crippen molar-refractivity contribution in [2.24, 2.45) is 0 Å². The number of hydrogen-bond acceptors (Lipinski definition) is 4. The van der Waals surface area contributed by atoms with E-state index in [0.29, 0.717) is 9.34 Å². The van der Waals surface area contributed by atoms with Crippen molar-refractivity contribution in [2.75, 3.05) is 25.6 Å². The van der Waals surface area contributed by atoms with Gasteiger partial charge in [0.25, 0.3) is 0 Å². The number of methoxy groups -OCH3 is 1. The summed E-state index contributed by atoms with van der Waals surface area (Å²) in [6.45, 7) is 2.08. The number of carbonyl (C=O) groups excluding carboxylic acids is 1. The van der Waals surface area contributed by atoms with Crippen LogP contribution >= 0.6 is 35.6 Å². The number of carbonyl (C=O) groups is 1. The van der Waals surface area contributed by atoms with Gasteiger partial charge in [-0.25, -0.2) is 0 Å². The molecule has 1 aliphatic heterocycles. The van der Waals surface area contributed by atoms with E-state index in [4.69, 9.17) is 28.6 Å². The molecule has 2 rings (SSSR count). The first-order valence-electron chi connectivity index (χ1n) is 5.95. The zero-order valence-corrected chi connectivity index (χ0v) is 13.8. The number of thiocarbonyl (C=S) groups is 1. The number of thioether (sulfide) groups is 1. The maximum absolute atomic E-state index is 12.3. The number of hydrogen-bond donors (Lipinski definition) is 0. The number of halogens is 1. The van der Waals surface area contributed by atoms with Gasteiger partial charge in [0, 0.05) is 24.9 Å². The average molecular weight is 331 g/mol. The van der Waals surface area contributed by atoms with E-state index in [1.54, 1.807) is 48.2 Å². The Bertz CT molecular complexity index is 538. The van der Waals surface area contributed by atoms with E-state index < -0.39 is 5.06 Å². The topological polar surface area (TPSA) is 32.8 Å². The zero-order chi connectivity index (χ0) is 14.9. The average Bonchev–Trinajstić information content (AvgIpc) is 2.44. The monoisotopic (exact) mass is 330 g/mol. The van der Waals surface area contributed by atoms with Gasteiger partial charge in [0.1, 0.15) is 10.9 Å². The molecule has 1 aliphatic rings. The van der Waals surface area contributed by atoms with Crippen molar-refractivity contribution in [1.29, 1.82) is 0 Å². The van der Waals surface area contributed by atoms with Crippen molar-refractivity contribution in [2.45, 2.75) is 12.0 Å². The van der Waals surface area contributed by atoms with E-state index in [-0.39, 0.29) is 12.5 Å². The first-order chi connectivity index (χ1) is 9.37. The Hall–Kier alpha value is -0.820. The molecule has 1 aromatic rings. The lowest BCUT2D eigenvalue weighted by Gasteiger charge is -2.49. The zero-order valence-electron chi connectivity index (χ0n) is 11.4. The van der Waals surface area contributed by atoms with Crippen LogP contribution in [0.5, 0.6) is 0 Å². The second-order valence-electron chi connectivity index (χ2n) is 4.49. The molecule has 1 saturated heterocycles. The fourth-order valence-electron chi connectivity index (χ4n) is 1.81. The Labute approximate surface area is 133 Å². The highest BCUT2D eigenvalue weighted by atomic mass is 35.5. The van der Waals surface area contributed by atoms with Gasteiger partial charge >= 0.3 is 0 Å². The van der Waals surface area contributed by atoms with Gasteiger partial charge in [-0.05, 0) is 43.0 Å². The van der Waals surface area contributed by atoms with E-state index in [1.165, 1.54) is 11.8 Å². The molecule has 0 saturated carbocycles. The Morgan fingerprint density at radius 2 is 2.10 bits per heavy atom. The van der Waals surface area contributed by atoms with Crippen LogP contribution in [0, 0.1) is 0 Å². The van der Waals surface area contributed by atoms with Gasteiger partial charge in [-0.2, -0.15) is 0 Å². The van der Waals surface area contributed by atoms with Crippen molar-refractivity contribution in [3.05, 3.63) is 29.3 Å². The van der Waals surface area contributed by atoms with Crippen LogP contribution in [0.1, 0.15) is 6.92 Å². The van der Waals surface area contributed by atoms with Gasteiger partial charge in [0.05, 0.1) is 0 Å². The van der Waals surface area contributed by atoms with Crippen LogP contribution in [0.4, 0.5) is 5.69 Å². The second kappa shape index (κ2) is 5.89. The summed E-state index contributed by atoms with van der Waals surface area (Å²) >= 11 is 12.5. The molecule has 1 fully saturated rings.